The number of amides is 1. The number of carbonyl (C=O) groups excluding carboxylic acids is 1. The molecule has 0 spiro atoms. The summed E-state index contributed by atoms with van der Waals surface area (Å²) in [5, 5.41) is 3.61. The molecule has 1 aliphatic heterocycles. The van der Waals surface area contributed by atoms with Gasteiger partial charge < -0.3 is 4.90 Å². The smallest absolute Gasteiger partial charge is 0.341 e. The predicted octanol–water partition coefficient (Wildman–Crippen LogP) is 3.79. The maximum absolute atomic E-state index is 12.9. The molecule has 1 aromatic rings. The summed E-state index contributed by atoms with van der Waals surface area (Å²) in [5.41, 5.74) is -0.685. The Morgan fingerprint density at radius 2 is 2.09 bits per heavy atom. The minimum absolute atomic E-state index is 0.105. The Hall–Kier alpha value is -1.05. The molecule has 1 aromatic heterocycles. The fourth-order valence-electron chi connectivity index (χ4n) is 2.82. The van der Waals surface area contributed by atoms with Crippen LogP contribution in [-0.2, 0) is 11.0 Å². The van der Waals surface area contributed by atoms with Crippen molar-refractivity contribution < 1.29 is 18.0 Å². The van der Waals surface area contributed by atoms with Gasteiger partial charge in [-0.25, -0.2) is 0 Å². The molecule has 0 bridgehead atoms. The second kappa shape index (κ2) is 6.22. The van der Waals surface area contributed by atoms with Crippen molar-refractivity contribution in [2.24, 2.45) is 5.92 Å². The highest BCUT2D eigenvalue weighted by Crippen LogP contribution is 2.36. The third-order valence-electron chi connectivity index (χ3n) is 4.04. The van der Waals surface area contributed by atoms with Gasteiger partial charge in [0.2, 0.25) is 5.91 Å². The Morgan fingerprint density at radius 3 is 2.59 bits per heavy atom. The lowest BCUT2D eigenvalue weighted by Crippen LogP contribution is -2.42. The number of alkyl halides is 3. The Labute approximate surface area is 135 Å². The van der Waals surface area contributed by atoms with E-state index in [9.17, 15) is 18.0 Å². The van der Waals surface area contributed by atoms with E-state index in [2.05, 4.69) is 28.0 Å². The van der Waals surface area contributed by atoms with Gasteiger partial charge in [-0.1, -0.05) is 6.92 Å². The van der Waals surface area contributed by atoms with E-state index in [4.69, 9.17) is 0 Å². The van der Waals surface area contributed by atoms with Crippen molar-refractivity contribution >= 4 is 21.8 Å². The Bertz CT molecular complexity index is 570. The van der Waals surface area contributed by atoms with E-state index >= 15 is 0 Å². The van der Waals surface area contributed by atoms with Gasteiger partial charge in [-0.3, -0.25) is 9.48 Å². The highest BCUT2D eigenvalue weighted by molar-refractivity contribution is 9.10. The number of piperidine rings is 1. The van der Waals surface area contributed by atoms with E-state index in [0.29, 0.717) is 24.7 Å². The fourth-order valence-corrected chi connectivity index (χ4v) is 3.30. The summed E-state index contributed by atoms with van der Waals surface area (Å²) in [6.45, 7) is 6.49. The molecule has 22 heavy (non-hydrogen) atoms. The van der Waals surface area contributed by atoms with Crippen LogP contribution in [0.5, 0.6) is 0 Å². The zero-order valence-electron chi connectivity index (χ0n) is 12.7. The predicted molar refractivity (Wildman–Crippen MR) is 79.4 cm³/mol. The molecule has 0 saturated carbocycles. The normalized spacial score (nSPS) is 21.0. The first-order valence-corrected chi connectivity index (χ1v) is 8.02. The quantitative estimate of drug-likeness (QED) is 0.781. The Balaban J connectivity index is 2.26. The van der Waals surface area contributed by atoms with E-state index in [0.717, 1.165) is 17.5 Å². The standard InChI is InChI=1S/C14H19BrF3N3O/c1-8-5-4-6-20(7-8)13(22)10(3)21-9(2)11(15)12(19-21)14(16,17)18/h8,10H,4-7H2,1-3H3/t8-,10+/m0/s1. The van der Waals surface area contributed by atoms with Crippen LogP contribution in [0.1, 0.15) is 44.1 Å². The summed E-state index contributed by atoms with van der Waals surface area (Å²) in [5.74, 6) is 0.236. The summed E-state index contributed by atoms with van der Waals surface area (Å²) < 4.78 is 39.8. The number of hydrogen-bond donors (Lipinski definition) is 0. The van der Waals surface area contributed by atoms with Crippen LogP contribution < -0.4 is 0 Å². The average Bonchev–Trinajstić information content (AvgIpc) is 2.73. The third kappa shape index (κ3) is 3.31. The van der Waals surface area contributed by atoms with Crippen molar-refractivity contribution in [3.05, 3.63) is 15.9 Å². The molecule has 4 nitrogen and oxygen atoms in total. The van der Waals surface area contributed by atoms with E-state index < -0.39 is 17.9 Å². The lowest BCUT2D eigenvalue weighted by Gasteiger charge is -2.33. The van der Waals surface area contributed by atoms with Crippen LogP contribution in [0.25, 0.3) is 0 Å². The zero-order valence-corrected chi connectivity index (χ0v) is 14.3. The first-order valence-electron chi connectivity index (χ1n) is 7.23. The van der Waals surface area contributed by atoms with Crippen LogP contribution >= 0.6 is 15.9 Å². The molecule has 0 aromatic carbocycles. The maximum atomic E-state index is 12.9. The minimum Gasteiger partial charge on any atom is -0.341 e. The van der Waals surface area contributed by atoms with Crippen LogP contribution in [0.3, 0.4) is 0 Å². The van der Waals surface area contributed by atoms with Crippen LogP contribution in [0, 0.1) is 12.8 Å². The van der Waals surface area contributed by atoms with Crippen molar-refractivity contribution in [2.75, 3.05) is 13.1 Å². The molecular formula is C14H19BrF3N3O. The summed E-state index contributed by atoms with van der Waals surface area (Å²) in [4.78, 5) is 14.3. The summed E-state index contributed by atoms with van der Waals surface area (Å²) in [7, 11) is 0. The molecular weight excluding hydrogens is 363 g/mol. The van der Waals surface area contributed by atoms with Gasteiger partial charge in [0.05, 0.1) is 10.2 Å². The number of halogens is 4. The Kier molecular flexibility index (Phi) is 4.89. The average molecular weight is 382 g/mol. The van der Waals surface area contributed by atoms with Gasteiger partial charge in [-0.2, -0.15) is 18.3 Å². The van der Waals surface area contributed by atoms with E-state index in [-0.39, 0.29) is 10.4 Å². The summed E-state index contributed by atoms with van der Waals surface area (Å²) in [6, 6.07) is -0.752. The molecule has 1 fully saturated rings. The second-order valence-electron chi connectivity index (χ2n) is 5.90. The first kappa shape index (κ1) is 17.3. The monoisotopic (exact) mass is 381 g/mol. The first-order chi connectivity index (χ1) is 10.1. The number of carbonyl (C=O) groups is 1. The summed E-state index contributed by atoms with van der Waals surface area (Å²) >= 11 is 2.93. The lowest BCUT2D eigenvalue weighted by atomic mass is 10.00. The van der Waals surface area contributed by atoms with Gasteiger partial charge in [0.1, 0.15) is 6.04 Å². The van der Waals surface area contributed by atoms with E-state index in [1.54, 1.807) is 11.8 Å². The molecule has 2 rings (SSSR count). The number of rotatable bonds is 2. The van der Waals surface area contributed by atoms with Crippen LogP contribution in [0.4, 0.5) is 13.2 Å². The molecule has 0 unspecified atom stereocenters. The van der Waals surface area contributed by atoms with Gasteiger partial charge >= 0.3 is 6.18 Å². The molecule has 2 heterocycles. The molecule has 0 radical (unpaired) electrons. The number of hydrogen-bond acceptors (Lipinski definition) is 2. The molecule has 1 saturated heterocycles. The second-order valence-corrected chi connectivity index (χ2v) is 6.69. The highest BCUT2D eigenvalue weighted by atomic mass is 79.9. The van der Waals surface area contributed by atoms with Gasteiger partial charge in [-0.15, -0.1) is 0 Å². The van der Waals surface area contributed by atoms with Gasteiger partial charge in [-0.05, 0) is 48.5 Å². The highest BCUT2D eigenvalue weighted by Gasteiger charge is 2.39. The lowest BCUT2D eigenvalue weighted by molar-refractivity contribution is -0.143. The molecule has 1 amide bonds. The molecule has 124 valence electrons. The van der Waals surface area contributed by atoms with Crippen LogP contribution in [0.15, 0.2) is 4.47 Å². The SMILES string of the molecule is Cc1c(Br)c(C(F)(F)F)nn1[C@H](C)C(=O)N1CCC[C@H](C)C1. The van der Waals surface area contributed by atoms with Crippen molar-refractivity contribution in [2.45, 2.75) is 45.8 Å². The zero-order chi connectivity index (χ0) is 16.7. The van der Waals surface area contributed by atoms with E-state index in [1.807, 2.05) is 0 Å². The number of nitrogens with zero attached hydrogens (tertiary/aromatic N) is 3. The molecule has 2 atom stereocenters. The molecule has 0 N–H and O–H groups in total. The number of likely N-dealkylation sites (tertiary alicyclic amines) is 1. The van der Waals surface area contributed by atoms with Gasteiger partial charge in [0.15, 0.2) is 5.69 Å². The fraction of sp³-hybridized carbons (Fsp3) is 0.714. The van der Waals surface area contributed by atoms with Gasteiger partial charge in [0.25, 0.3) is 0 Å². The molecule has 8 heteroatoms. The van der Waals surface area contributed by atoms with Crippen molar-refractivity contribution in [1.82, 2.24) is 14.7 Å². The third-order valence-corrected chi connectivity index (χ3v) is 4.99. The van der Waals surface area contributed by atoms with E-state index in [1.165, 1.54) is 6.92 Å². The maximum Gasteiger partial charge on any atom is 0.436 e. The van der Waals surface area contributed by atoms with Crippen molar-refractivity contribution in [1.29, 1.82) is 0 Å². The summed E-state index contributed by atoms with van der Waals surface area (Å²) in [6.07, 6.45) is -2.55. The molecule has 0 aliphatic carbocycles. The van der Waals surface area contributed by atoms with Crippen molar-refractivity contribution in [3.8, 4) is 0 Å². The molecule has 1 aliphatic rings. The number of aromatic nitrogens is 2. The Morgan fingerprint density at radius 1 is 1.45 bits per heavy atom. The van der Waals surface area contributed by atoms with Crippen molar-refractivity contribution in [3.63, 3.8) is 0 Å². The largest absolute Gasteiger partial charge is 0.436 e. The van der Waals surface area contributed by atoms with Crippen LogP contribution in [0.2, 0.25) is 0 Å². The minimum atomic E-state index is -4.54. The van der Waals surface area contributed by atoms with Gasteiger partial charge in [0, 0.05) is 13.1 Å². The topological polar surface area (TPSA) is 38.1 Å². The van der Waals surface area contributed by atoms with Crippen LogP contribution in [-0.4, -0.2) is 33.7 Å².